The third kappa shape index (κ3) is 4.21. The van der Waals surface area contributed by atoms with E-state index in [2.05, 4.69) is 20.4 Å². The molecule has 2 aromatic carbocycles. The highest BCUT2D eigenvalue weighted by atomic mass is 32.2. The Bertz CT molecular complexity index is 1110. The van der Waals surface area contributed by atoms with E-state index in [-0.39, 0.29) is 12.2 Å². The van der Waals surface area contributed by atoms with E-state index >= 15 is 0 Å². The average molecular weight is 412 g/mol. The van der Waals surface area contributed by atoms with Crippen molar-refractivity contribution in [2.75, 3.05) is 13.0 Å². The van der Waals surface area contributed by atoms with Crippen molar-refractivity contribution in [2.45, 2.75) is 17.3 Å². The van der Waals surface area contributed by atoms with Crippen molar-refractivity contribution in [1.82, 2.24) is 25.1 Å². The van der Waals surface area contributed by atoms with Crippen molar-refractivity contribution >= 4 is 11.8 Å². The van der Waals surface area contributed by atoms with E-state index in [1.54, 1.807) is 25.3 Å². The Hall–Kier alpha value is -3.40. The molecule has 0 bridgehead atoms. The lowest BCUT2D eigenvalue weighted by Gasteiger charge is -2.04. The van der Waals surface area contributed by atoms with Crippen molar-refractivity contribution in [3.05, 3.63) is 71.6 Å². The van der Waals surface area contributed by atoms with Gasteiger partial charge in [-0.2, -0.15) is 0 Å². The lowest BCUT2D eigenvalue weighted by Crippen LogP contribution is -2.14. The zero-order valence-electron chi connectivity index (χ0n) is 15.4. The summed E-state index contributed by atoms with van der Waals surface area (Å²) in [5.74, 6) is 8.18. The molecular formula is C19H17FN6O2S. The topological polar surface area (TPSA) is 105 Å². The molecule has 29 heavy (non-hydrogen) atoms. The minimum Gasteiger partial charge on any atom is -0.497 e. The van der Waals surface area contributed by atoms with E-state index in [0.717, 1.165) is 11.3 Å². The number of nitrogens with two attached hydrogens (primary N) is 1. The maximum atomic E-state index is 13.8. The van der Waals surface area contributed by atoms with Crippen LogP contribution in [0.4, 0.5) is 4.39 Å². The third-order valence-electron chi connectivity index (χ3n) is 4.17. The van der Waals surface area contributed by atoms with Crippen molar-refractivity contribution in [3.63, 3.8) is 0 Å². The van der Waals surface area contributed by atoms with Gasteiger partial charge in [0.2, 0.25) is 16.9 Å². The number of rotatable bonds is 7. The van der Waals surface area contributed by atoms with E-state index in [0.29, 0.717) is 34.1 Å². The lowest BCUT2D eigenvalue weighted by atomic mass is 10.1. The standard InChI is InChI=1S/C19H17FN6O2S/c1-27-14-8-6-12(7-9-14)18-24-23-17(28-18)11-29-19-25-22-16(26(19)21)10-13-4-2-3-5-15(13)20/h2-9H,10-11,21H2,1H3. The fourth-order valence-corrected chi connectivity index (χ4v) is 3.34. The summed E-state index contributed by atoms with van der Waals surface area (Å²) in [4.78, 5) is 0. The van der Waals surface area contributed by atoms with Gasteiger partial charge in [0.05, 0.1) is 12.9 Å². The van der Waals surface area contributed by atoms with Crippen LogP contribution in [0.1, 0.15) is 17.3 Å². The largest absolute Gasteiger partial charge is 0.497 e. The molecular weight excluding hydrogens is 395 g/mol. The summed E-state index contributed by atoms with van der Waals surface area (Å²) >= 11 is 1.30. The first-order valence-electron chi connectivity index (χ1n) is 8.66. The molecule has 4 aromatic rings. The Kier molecular flexibility index (Phi) is 5.43. The molecule has 0 aliphatic carbocycles. The molecule has 0 spiro atoms. The number of thioether (sulfide) groups is 1. The molecule has 8 nitrogen and oxygen atoms in total. The smallest absolute Gasteiger partial charge is 0.247 e. The second kappa shape index (κ2) is 8.31. The fourth-order valence-electron chi connectivity index (χ4n) is 2.63. The Balaban J connectivity index is 1.41. The summed E-state index contributed by atoms with van der Waals surface area (Å²) in [6.07, 6.45) is 0.249. The normalized spacial score (nSPS) is 11.0. The predicted molar refractivity (Wildman–Crippen MR) is 105 cm³/mol. The van der Waals surface area contributed by atoms with Gasteiger partial charge in [-0.1, -0.05) is 30.0 Å². The van der Waals surface area contributed by atoms with Gasteiger partial charge in [0, 0.05) is 12.0 Å². The second-order valence-electron chi connectivity index (χ2n) is 6.06. The molecule has 148 valence electrons. The van der Waals surface area contributed by atoms with Crippen LogP contribution in [-0.2, 0) is 12.2 Å². The van der Waals surface area contributed by atoms with Gasteiger partial charge in [-0.25, -0.2) is 9.07 Å². The number of nitrogens with zero attached hydrogens (tertiary/aromatic N) is 5. The maximum absolute atomic E-state index is 13.8. The number of aromatic nitrogens is 5. The highest BCUT2D eigenvalue weighted by Gasteiger charge is 2.15. The first-order valence-corrected chi connectivity index (χ1v) is 9.65. The first kappa shape index (κ1) is 18.9. The van der Waals surface area contributed by atoms with E-state index < -0.39 is 0 Å². The summed E-state index contributed by atoms with van der Waals surface area (Å²) in [6.45, 7) is 0. The molecule has 0 amide bonds. The zero-order chi connectivity index (χ0) is 20.2. The maximum Gasteiger partial charge on any atom is 0.247 e. The molecule has 0 aliphatic rings. The summed E-state index contributed by atoms with van der Waals surface area (Å²) in [5, 5.41) is 16.7. The lowest BCUT2D eigenvalue weighted by molar-refractivity contribution is 0.415. The SMILES string of the molecule is COc1ccc(-c2nnc(CSc3nnc(Cc4ccccc4F)n3N)o2)cc1. The number of hydrogen-bond acceptors (Lipinski definition) is 8. The molecule has 0 saturated carbocycles. The summed E-state index contributed by atoms with van der Waals surface area (Å²) in [6, 6.07) is 13.8. The van der Waals surface area contributed by atoms with E-state index in [9.17, 15) is 4.39 Å². The Morgan fingerprint density at radius 2 is 1.86 bits per heavy atom. The number of hydrogen-bond donors (Lipinski definition) is 1. The quantitative estimate of drug-likeness (QED) is 0.365. The van der Waals surface area contributed by atoms with Crippen LogP contribution in [0.3, 0.4) is 0 Å². The van der Waals surface area contributed by atoms with Crippen LogP contribution in [0.2, 0.25) is 0 Å². The predicted octanol–water partition coefficient (Wildman–Crippen LogP) is 3.07. The summed E-state index contributed by atoms with van der Waals surface area (Å²) < 4.78 is 26.0. The van der Waals surface area contributed by atoms with E-state index in [1.165, 1.54) is 22.5 Å². The average Bonchev–Trinajstić information content (AvgIpc) is 3.35. The van der Waals surface area contributed by atoms with Crippen molar-refractivity contribution < 1.29 is 13.5 Å². The number of halogens is 1. The van der Waals surface area contributed by atoms with Crippen LogP contribution in [0, 0.1) is 5.82 Å². The third-order valence-corrected chi connectivity index (χ3v) is 5.10. The van der Waals surface area contributed by atoms with E-state index in [1.807, 2.05) is 24.3 Å². The van der Waals surface area contributed by atoms with Gasteiger partial charge in [-0.05, 0) is 35.9 Å². The number of methoxy groups -OCH3 is 1. The first-order chi connectivity index (χ1) is 14.1. The molecule has 4 rings (SSSR count). The minimum atomic E-state index is -0.304. The van der Waals surface area contributed by atoms with Gasteiger partial charge in [-0.15, -0.1) is 20.4 Å². The molecule has 10 heteroatoms. The van der Waals surface area contributed by atoms with Crippen LogP contribution >= 0.6 is 11.8 Å². The van der Waals surface area contributed by atoms with Gasteiger partial charge in [-0.3, -0.25) is 0 Å². The Morgan fingerprint density at radius 3 is 2.62 bits per heavy atom. The Labute approximate surface area is 169 Å². The van der Waals surface area contributed by atoms with Crippen molar-refractivity contribution in [3.8, 4) is 17.2 Å². The molecule has 0 radical (unpaired) electrons. The van der Waals surface area contributed by atoms with Gasteiger partial charge < -0.3 is 15.0 Å². The monoisotopic (exact) mass is 412 g/mol. The molecule has 2 aromatic heterocycles. The molecule has 2 N–H and O–H groups in total. The summed E-state index contributed by atoms with van der Waals surface area (Å²) in [5.41, 5.74) is 1.30. The molecule has 2 heterocycles. The minimum absolute atomic E-state index is 0.249. The number of ether oxygens (including phenoxy) is 1. The fraction of sp³-hybridized carbons (Fsp3) is 0.158. The molecule has 0 fully saturated rings. The van der Waals surface area contributed by atoms with Gasteiger partial charge in [0.1, 0.15) is 11.6 Å². The number of benzene rings is 2. The van der Waals surface area contributed by atoms with E-state index in [4.69, 9.17) is 15.0 Å². The summed E-state index contributed by atoms with van der Waals surface area (Å²) in [7, 11) is 1.61. The van der Waals surface area contributed by atoms with Gasteiger partial charge in [0.25, 0.3) is 0 Å². The zero-order valence-corrected chi connectivity index (χ0v) is 16.3. The van der Waals surface area contributed by atoms with Crippen LogP contribution in [0.5, 0.6) is 5.75 Å². The molecule has 0 aliphatic heterocycles. The van der Waals surface area contributed by atoms with Crippen LogP contribution in [0.25, 0.3) is 11.5 Å². The van der Waals surface area contributed by atoms with Gasteiger partial charge in [0.15, 0.2) is 5.82 Å². The highest BCUT2D eigenvalue weighted by Crippen LogP contribution is 2.25. The van der Waals surface area contributed by atoms with Crippen LogP contribution < -0.4 is 10.6 Å². The van der Waals surface area contributed by atoms with Crippen LogP contribution in [0.15, 0.2) is 58.1 Å². The molecule has 0 unspecified atom stereocenters. The second-order valence-corrected chi connectivity index (χ2v) is 7.00. The van der Waals surface area contributed by atoms with Crippen LogP contribution in [-0.4, -0.2) is 32.2 Å². The van der Waals surface area contributed by atoms with Crippen molar-refractivity contribution in [2.24, 2.45) is 0 Å². The number of nitrogen functional groups attached to an aromatic ring is 1. The molecule has 0 saturated heterocycles. The van der Waals surface area contributed by atoms with Crippen molar-refractivity contribution in [1.29, 1.82) is 0 Å². The Morgan fingerprint density at radius 1 is 1.07 bits per heavy atom. The molecule has 0 atom stereocenters. The highest BCUT2D eigenvalue weighted by molar-refractivity contribution is 7.98. The van der Waals surface area contributed by atoms with Gasteiger partial charge >= 0.3 is 0 Å².